The van der Waals surface area contributed by atoms with Gasteiger partial charge in [0.2, 0.25) is 0 Å². The minimum Gasteiger partial charge on any atom is -0.331 e. The zero-order valence-electron chi connectivity index (χ0n) is 4.80. The van der Waals surface area contributed by atoms with Crippen molar-refractivity contribution in [3.63, 3.8) is 0 Å². The standard InChI is InChI=1S/C6H7ClFN/c7-5-9-4-2-1-3-6(9)8/h1-4,6H,5H2. The minimum atomic E-state index is -1.05. The summed E-state index contributed by atoms with van der Waals surface area (Å²) in [7, 11) is 0. The van der Waals surface area contributed by atoms with Crippen molar-refractivity contribution in [2.24, 2.45) is 0 Å². The number of hydrogen-bond acceptors (Lipinski definition) is 1. The first kappa shape index (κ1) is 6.62. The summed E-state index contributed by atoms with van der Waals surface area (Å²) in [6, 6.07) is 0.196. The van der Waals surface area contributed by atoms with Crippen molar-refractivity contribution in [3.8, 4) is 0 Å². The van der Waals surface area contributed by atoms with Crippen LogP contribution in [0.25, 0.3) is 0 Å². The van der Waals surface area contributed by atoms with Gasteiger partial charge in [0.25, 0.3) is 0 Å². The molecule has 0 radical (unpaired) electrons. The second kappa shape index (κ2) is 2.87. The predicted octanol–water partition coefficient (Wildman–Crippen LogP) is 1.86. The van der Waals surface area contributed by atoms with Crippen molar-refractivity contribution in [1.82, 2.24) is 4.90 Å². The molecule has 3 heteroatoms. The summed E-state index contributed by atoms with van der Waals surface area (Å²) in [4.78, 5) is 1.39. The van der Waals surface area contributed by atoms with Gasteiger partial charge in [-0.1, -0.05) is 6.08 Å². The van der Waals surface area contributed by atoms with Crippen LogP contribution in [-0.2, 0) is 0 Å². The average molecular weight is 148 g/mol. The molecule has 1 atom stereocenters. The Balaban J connectivity index is 2.55. The van der Waals surface area contributed by atoms with Gasteiger partial charge in [0.15, 0.2) is 6.30 Å². The molecule has 0 aromatic heterocycles. The van der Waals surface area contributed by atoms with Crippen molar-refractivity contribution >= 4 is 11.6 Å². The van der Waals surface area contributed by atoms with Gasteiger partial charge >= 0.3 is 0 Å². The van der Waals surface area contributed by atoms with Crippen molar-refractivity contribution in [3.05, 3.63) is 24.4 Å². The van der Waals surface area contributed by atoms with E-state index < -0.39 is 6.30 Å². The quantitative estimate of drug-likeness (QED) is 0.404. The predicted molar refractivity (Wildman–Crippen MR) is 35.7 cm³/mol. The Morgan fingerprint density at radius 3 is 2.78 bits per heavy atom. The van der Waals surface area contributed by atoms with Crippen LogP contribution in [-0.4, -0.2) is 17.2 Å². The SMILES string of the molecule is FC1C=CC=CN1CCl. The van der Waals surface area contributed by atoms with Gasteiger partial charge in [-0.15, -0.1) is 11.6 Å². The highest BCUT2D eigenvalue weighted by molar-refractivity contribution is 6.17. The zero-order valence-corrected chi connectivity index (χ0v) is 5.55. The highest BCUT2D eigenvalue weighted by atomic mass is 35.5. The van der Waals surface area contributed by atoms with Gasteiger partial charge < -0.3 is 4.90 Å². The third-order valence-electron chi connectivity index (χ3n) is 1.11. The van der Waals surface area contributed by atoms with E-state index in [1.807, 2.05) is 0 Å². The molecule has 0 spiro atoms. The van der Waals surface area contributed by atoms with Gasteiger partial charge in [-0.3, -0.25) is 0 Å². The number of nitrogens with zero attached hydrogens (tertiary/aromatic N) is 1. The fraction of sp³-hybridized carbons (Fsp3) is 0.333. The maximum Gasteiger partial charge on any atom is 0.192 e. The lowest BCUT2D eigenvalue weighted by atomic mass is 10.3. The molecule has 1 heterocycles. The first-order chi connectivity index (χ1) is 4.34. The van der Waals surface area contributed by atoms with Gasteiger partial charge in [0.1, 0.15) is 0 Å². The molecule has 1 aliphatic heterocycles. The largest absolute Gasteiger partial charge is 0.331 e. The number of alkyl halides is 2. The molecule has 1 unspecified atom stereocenters. The van der Waals surface area contributed by atoms with Crippen LogP contribution < -0.4 is 0 Å². The van der Waals surface area contributed by atoms with E-state index in [9.17, 15) is 4.39 Å². The van der Waals surface area contributed by atoms with Crippen LogP contribution in [0.15, 0.2) is 24.4 Å². The van der Waals surface area contributed by atoms with E-state index in [-0.39, 0.29) is 6.00 Å². The molecule has 0 saturated heterocycles. The molecule has 0 fully saturated rings. The van der Waals surface area contributed by atoms with E-state index in [2.05, 4.69) is 0 Å². The first-order valence-corrected chi connectivity index (χ1v) is 3.19. The molecular weight excluding hydrogens is 141 g/mol. The number of halogens is 2. The van der Waals surface area contributed by atoms with Gasteiger partial charge in [-0.05, 0) is 12.2 Å². The Morgan fingerprint density at radius 1 is 1.56 bits per heavy atom. The maximum atomic E-state index is 12.6. The number of hydrogen-bond donors (Lipinski definition) is 0. The lowest BCUT2D eigenvalue weighted by Gasteiger charge is -2.20. The topological polar surface area (TPSA) is 3.24 Å². The Morgan fingerprint density at radius 2 is 2.33 bits per heavy atom. The van der Waals surface area contributed by atoms with Gasteiger partial charge in [0.05, 0.1) is 6.00 Å². The highest BCUT2D eigenvalue weighted by Crippen LogP contribution is 2.09. The van der Waals surface area contributed by atoms with E-state index in [0.717, 1.165) is 0 Å². The minimum absolute atomic E-state index is 0.196. The summed E-state index contributed by atoms with van der Waals surface area (Å²) < 4.78 is 12.6. The molecule has 50 valence electrons. The van der Waals surface area contributed by atoms with Gasteiger partial charge in [-0.2, -0.15) is 0 Å². The van der Waals surface area contributed by atoms with Crippen molar-refractivity contribution in [2.45, 2.75) is 6.30 Å². The van der Waals surface area contributed by atoms with Crippen molar-refractivity contribution in [2.75, 3.05) is 6.00 Å². The summed E-state index contributed by atoms with van der Waals surface area (Å²) >= 11 is 5.38. The summed E-state index contributed by atoms with van der Waals surface area (Å²) in [5, 5.41) is 0. The van der Waals surface area contributed by atoms with Crippen LogP contribution in [0, 0.1) is 0 Å². The Hall–Kier alpha value is -0.500. The molecule has 1 aliphatic rings. The van der Waals surface area contributed by atoms with Crippen LogP contribution in [0.5, 0.6) is 0 Å². The molecule has 0 N–H and O–H groups in total. The van der Waals surface area contributed by atoms with Gasteiger partial charge in [0, 0.05) is 6.20 Å². The monoisotopic (exact) mass is 147 g/mol. The second-order valence-corrected chi connectivity index (χ2v) is 1.97. The van der Waals surface area contributed by atoms with E-state index in [1.54, 1.807) is 18.4 Å². The third kappa shape index (κ3) is 1.45. The summed E-state index contributed by atoms with van der Waals surface area (Å²) in [5.41, 5.74) is 0. The Labute approximate surface area is 58.4 Å². The molecule has 0 aromatic carbocycles. The smallest absolute Gasteiger partial charge is 0.192 e. The highest BCUT2D eigenvalue weighted by Gasteiger charge is 2.09. The van der Waals surface area contributed by atoms with E-state index >= 15 is 0 Å². The van der Waals surface area contributed by atoms with Crippen LogP contribution in [0.3, 0.4) is 0 Å². The van der Waals surface area contributed by atoms with Crippen LogP contribution in [0.4, 0.5) is 4.39 Å². The average Bonchev–Trinajstić information content (AvgIpc) is 1.89. The Bertz CT molecular complexity index is 144. The van der Waals surface area contributed by atoms with Crippen LogP contribution in [0.2, 0.25) is 0 Å². The van der Waals surface area contributed by atoms with E-state index in [0.29, 0.717) is 0 Å². The van der Waals surface area contributed by atoms with E-state index in [1.165, 1.54) is 11.0 Å². The zero-order chi connectivity index (χ0) is 6.69. The first-order valence-electron chi connectivity index (χ1n) is 2.65. The summed E-state index contributed by atoms with van der Waals surface area (Å²) in [6.07, 6.45) is 5.43. The fourth-order valence-corrected chi connectivity index (χ4v) is 0.826. The maximum absolute atomic E-state index is 12.6. The normalized spacial score (nSPS) is 25.1. The molecule has 0 aliphatic carbocycles. The van der Waals surface area contributed by atoms with Crippen LogP contribution >= 0.6 is 11.6 Å². The van der Waals surface area contributed by atoms with Crippen molar-refractivity contribution in [1.29, 1.82) is 0 Å². The molecule has 9 heavy (non-hydrogen) atoms. The molecular formula is C6H7ClFN. The number of allylic oxidation sites excluding steroid dienone is 2. The molecule has 1 rings (SSSR count). The second-order valence-electron chi connectivity index (χ2n) is 1.73. The number of rotatable bonds is 1. The van der Waals surface area contributed by atoms with Crippen LogP contribution in [0.1, 0.15) is 0 Å². The molecule has 1 nitrogen and oxygen atoms in total. The van der Waals surface area contributed by atoms with E-state index in [4.69, 9.17) is 11.6 Å². The van der Waals surface area contributed by atoms with Gasteiger partial charge in [-0.25, -0.2) is 4.39 Å². The molecule has 0 aromatic rings. The van der Waals surface area contributed by atoms with Crippen molar-refractivity contribution < 1.29 is 4.39 Å². The molecule has 0 bridgehead atoms. The lowest BCUT2D eigenvalue weighted by molar-refractivity contribution is 0.198. The summed E-state index contributed by atoms with van der Waals surface area (Å²) in [5.74, 6) is 0. The fourth-order valence-electron chi connectivity index (χ4n) is 0.615. The molecule has 0 saturated carbocycles. The Kier molecular flexibility index (Phi) is 2.11. The summed E-state index contributed by atoms with van der Waals surface area (Å²) in [6.45, 7) is 0. The third-order valence-corrected chi connectivity index (χ3v) is 1.39. The lowest BCUT2D eigenvalue weighted by Crippen LogP contribution is -2.24. The molecule has 0 amide bonds.